The van der Waals surface area contributed by atoms with Crippen LogP contribution >= 0.6 is 27.3 Å². The molecule has 1 aliphatic rings. The molecule has 0 spiro atoms. The van der Waals surface area contributed by atoms with E-state index in [0.29, 0.717) is 21.8 Å². The lowest BCUT2D eigenvalue weighted by Crippen LogP contribution is -2.57. The van der Waals surface area contributed by atoms with E-state index in [1.54, 1.807) is 13.1 Å². The van der Waals surface area contributed by atoms with E-state index in [4.69, 9.17) is 5.73 Å². The minimum absolute atomic E-state index is 0.0268. The van der Waals surface area contributed by atoms with Crippen LogP contribution in [0.4, 0.5) is 0 Å². The Labute approximate surface area is 139 Å². The van der Waals surface area contributed by atoms with Gasteiger partial charge in [0.2, 0.25) is 10.0 Å². The predicted molar refractivity (Wildman–Crippen MR) is 90.0 cm³/mol. The Balaban J connectivity index is 2.24. The number of sulfonamides is 1. The van der Waals surface area contributed by atoms with Crippen molar-refractivity contribution < 1.29 is 8.42 Å². The number of rotatable bonds is 6. The first kappa shape index (κ1) is 17.4. The molecule has 120 valence electrons. The molecule has 1 aliphatic carbocycles. The number of hydrogen-bond donors (Lipinski definition) is 1. The van der Waals surface area contributed by atoms with Crippen LogP contribution in [-0.4, -0.2) is 50.8 Å². The van der Waals surface area contributed by atoms with Crippen LogP contribution in [-0.2, 0) is 16.6 Å². The Kier molecular flexibility index (Phi) is 5.17. The molecule has 1 fully saturated rings. The van der Waals surface area contributed by atoms with Crippen LogP contribution in [0.25, 0.3) is 0 Å². The lowest BCUT2D eigenvalue weighted by atomic mass is 9.75. The van der Waals surface area contributed by atoms with Gasteiger partial charge < -0.3 is 10.6 Å². The molecular formula is C13H22BrN3O2S2. The summed E-state index contributed by atoms with van der Waals surface area (Å²) in [5.74, 6) is 0. The molecule has 0 unspecified atom stereocenters. The topological polar surface area (TPSA) is 66.6 Å². The molecular weight excluding hydrogens is 374 g/mol. The summed E-state index contributed by atoms with van der Waals surface area (Å²) in [4.78, 5) is 3.33. The largest absolute Gasteiger partial charge is 0.326 e. The van der Waals surface area contributed by atoms with E-state index < -0.39 is 10.0 Å². The van der Waals surface area contributed by atoms with Gasteiger partial charge in [0.1, 0.15) is 4.90 Å². The van der Waals surface area contributed by atoms with Crippen LogP contribution in [0.1, 0.15) is 24.1 Å². The number of thiophene rings is 1. The molecule has 0 atom stereocenters. The molecule has 8 heteroatoms. The quantitative estimate of drug-likeness (QED) is 0.800. The molecule has 0 radical (unpaired) electrons. The highest BCUT2D eigenvalue weighted by molar-refractivity contribution is 9.11. The molecule has 1 saturated carbocycles. The van der Waals surface area contributed by atoms with Crippen molar-refractivity contribution in [1.82, 2.24) is 9.21 Å². The fraction of sp³-hybridized carbons (Fsp3) is 0.692. The van der Waals surface area contributed by atoms with E-state index in [2.05, 4.69) is 20.8 Å². The lowest BCUT2D eigenvalue weighted by Gasteiger charge is -2.48. The third-order valence-electron chi connectivity index (χ3n) is 4.35. The normalized spacial score (nSPS) is 18.2. The zero-order chi connectivity index (χ0) is 15.8. The molecule has 0 bridgehead atoms. The maximum absolute atomic E-state index is 12.8. The summed E-state index contributed by atoms with van der Waals surface area (Å²) in [5, 5.41) is 0. The van der Waals surface area contributed by atoms with E-state index in [-0.39, 0.29) is 5.54 Å². The number of halogens is 1. The third-order valence-corrected chi connectivity index (χ3v) is 8.42. The van der Waals surface area contributed by atoms with Crippen molar-refractivity contribution >= 4 is 37.3 Å². The van der Waals surface area contributed by atoms with E-state index >= 15 is 0 Å². The SMILES string of the molecule is CN(C)C1(CN(C)S(=O)(=O)c2cc(CN)sc2Br)CCC1. The summed E-state index contributed by atoms with van der Waals surface area (Å²) >= 11 is 4.73. The van der Waals surface area contributed by atoms with Gasteiger partial charge in [-0.3, -0.25) is 0 Å². The van der Waals surface area contributed by atoms with Gasteiger partial charge in [0.25, 0.3) is 0 Å². The fourth-order valence-electron chi connectivity index (χ4n) is 2.67. The summed E-state index contributed by atoms with van der Waals surface area (Å²) in [5.41, 5.74) is 5.57. The molecule has 1 aromatic rings. The maximum Gasteiger partial charge on any atom is 0.244 e. The predicted octanol–water partition coefficient (Wildman–Crippen LogP) is 2.07. The highest BCUT2D eigenvalue weighted by Crippen LogP contribution is 2.39. The first-order valence-electron chi connectivity index (χ1n) is 6.85. The summed E-state index contributed by atoms with van der Waals surface area (Å²) in [6.45, 7) is 0.868. The van der Waals surface area contributed by atoms with Crippen molar-refractivity contribution in [3.63, 3.8) is 0 Å². The summed E-state index contributed by atoms with van der Waals surface area (Å²) in [7, 11) is 2.21. The third kappa shape index (κ3) is 3.20. The van der Waals surface area contributed by atoms with Crippen LogP contribution in [0.3, 0.4) is 0 Å². The first-order valence-corrected chi connectivity index (χ1v) is 9.90. The van der Waals surface area contributed by atoms with Gasteiger partial charge >= 0.3 is 0 Å². The van der Waals surface area contributed by atoms with Crippen molar-refractivity contribution in [3.05, 3.63) is 14.7 Å². The minimum atomic E-state index is -3.49. The van der Waals surface area contributed by atoms with Gasteiger partial charge in [-0.2, -0.15) is 4.31 Å². The Morgan fingerprint density at radius 2 is 2.00 bits per heavy atom. The summed E-state index contributed by atoms with van der Waals surface area (Å²) in [6, 6.07) is 1.67. The number of hydrogen-bond acceptors (Lipinski definition) is 5. The number of nitrogens with two attached hydrogens (primary N) is 1. The second-order valence-electron chi connectivity index (χ2n) is 5.79. The van der Waals surface area contributed by atoms with Gasteiger partial charge in [-0.15, -0.1) is 11.3 Å². The molecule has 2 N–H and O–H groups in total. The zero-order valence-corrected chi connectivity index (χ0v) is 15.8. The average Bonchev–Trinajstić information content (AvgIpc) is 2.74. The molecule has 1 heterocycles. The highest BCUT2D eigenvalue weighted by Gasteiger charge is 2.42. The maximum atomic E-state index is 12.8. The van der Waals surface area contributed by atoms with Crippen molar-refractivity contribution in [2.75, 3.05) is 27.7 Å². The Bertz CT molecular complexity index is 609. The van der Waals surface area contributed by atoms with Crippen molar-refractivity contribution in [2.45, 2.75) is 36.2 Å². The molecule has 0 saturated heterocycles. The highest BCUT2D eigenvalue weighted by atomic mass is 79.9. The van der Waals surface area contributed by atoms with Crippen LogP contribution < -0.4 is 5.73 Å². The molecule has 1 aromatic heterocycles. The van der Waals surface area contributed by atoms with Crippen molar-refractivity contribution in [3.8, 4) is 0 Å². The van der Waals surface area contributed by atoms with Gasteiger partial charge in [0, 0.05) is 30.6 Å². The second kappa shape index (κ2) is 6.25. The van der Waals surface area contributed by atoms with Gasteiger partial charge in [-0.25, -0.2) is 8.42 Å². The van der Waals surface area contributed by atoms with Crippen LogP contribution in [0, 0.1) is 0 Å². The van der Waals surface area contributed by atoms with E-state index in [9.17, 15) is 8.42 Å². The zero-order valence-electron chi connectivity index (χ0n) is 12.6. The molecule has 5 nitrogen and oxygen atoms in total. The van der Waals surface area contributed by atoms with Gasteiger partial charge in [0.05, 0.1) is 3.79 Å². The van der Waals surface area contributed by atoms with Gasteiger partial charge in [0.15, 0.2) is 0 Å². The Morgan fingerprint density at radius 1 is 1.38 bits per heavy atom. The molecule has 2 rings (SSSR count). The van der Waals surface area contributed by atoms with Crippen LogP contribution in [0.5, 0.6) is 0 Å². The standard InChI is InChI=1S/C13H22BrN3O2S2/c1-16(2)13(5-4-6-13)9-17(3)21(18,19)11-7-10(8-15)20-12(11)14/h7H,4-6,8-9,15H2,1-3H3. The smallest absolute Gasteiger partial charge is 0.244 e. The summed E-state index contributed by atoms with van der Waals surface area (Å²) in [6.07, 6.45) is 3.24. The molecule has 21 heavy (non-hydrogen) atoms. The van der Waals surface area contributed by atoms with Crippen LogP contribution in [0.15, 0.2) is 14.7 Å². The molecule has 0 aliphatic heterocycles. The van der Waals surface area contributed by atoms with Crippen molar-refractivity contribution in [1.29, 1.82) is 0 Å². The number of nitrogens with zero attached hydrogens (tertiary/aromatic N) is 2. The Hall–Kier alpha value is 0.01000. The van der Waals surface area contributed by atoms with E-state index in [1.165, 1.54) is 15.6 Å². The first-order chi connectivity index (χ1) is 9.73. The van der Waals surface area contributed by atoms with E-state index in [1.807, 2.05) is 14.1 Å². The molecule has 0 aromatic carbocycles. The van der Waals surface area contributed by atoms with Gasteiger partial charge in [-0.1, -0.05) is 0 Å². The minimum Gasteiger partial charge on any atom is -0.326 e. The molecule has 0 amide bonds. The Morgan fingerprint density at radius 3 is 2.38 bits per heavy atom. The monoisotopic (exact) mass is 395 g/mol. The second-order valence-corrected chi connectivity index (χ2v) is 10.3. The average molecular weight is 396 g/mol. The fourth-order valence-corrected chi connectivity index (χ4v) is 6.43. The number of likely N-dealkylation sites (N-methyl/N-ethyl adjacent to an activating group) is 2. The van der Waals surface area contributed by atoms with Crippen LogP contribution in [0.2, 0.25) is 0 Å². The summed E-state index contributed by atoms with van der Waals surface area (Å²) < 4.78 is 27.6. The van der Waals surface area contributed by atoms with E-state index in [0.717, 1.165) is 24.1 Å². The van der Waals surface area contributed by atoms with Gasteiger partial charge in [-0.05, 0) is 55.4 Å². The van der Waals surface area contributed by atoms with Crippen molar-refractivity contribution in [2.24, 2.45) is 5.73 Å². The lowest BCUT2D eigenvalue weighted by molar-refractivity contribution is 0.0455.